The standard InChI is InChI=1S/C11H19F3N2O3/c1-9(2,3)19-8(17)16-10(4-5-18-6-10)7(15)11(12,13)14/h7H,4-6,15H2,1-3H3,(H,16,17). The first-order valence-corrected chi connectivity index (χ1v) is 5.87. The molecule has 1 aliphatic rings. The van der Waals surface area contributed by atoms with E-state index in [2.05, 4.69) is 5.32 Å². The number of nitrogens with one attached hydrogen (secondary N) is 1. The molecule has 1 rings (SSSR count). The van der Waals surface area contributed by atoms with Crippen LogP contribution in [0.25, 0.3) is 0 Å². The summed E-state index contributed by atoms with van der Waals surface area (Å²) in [7, 11) is 0. The van der Waals surface area contributed by atoms with Gasteiger partial charge in [-0.2, -0.15) is 13.2 Å². The average Bonchev–Trinajstić information content (AvgIpc) is 2.61. The highest BCUT2D eigenvalue weighted by Crippen LogP contribution is 2.32. The lowest BCUT2D eigenvalue weighted by molar-refractivity contribution is -0.165. The number of carbonyl (C=O) groups excluding carboxylic acids is 1. The number of ether oxygens (including phenoxy) is 2. The lowest BCUT2D eigenvalue weighted by atomic mass is 9.89. The van der Waals surface area contributed by atoms with Crippen LogP contribution in [0.2, 0.25) is 0 Å². The minimum Gasteiger partial charge on any atom is -0.444 e. The van der Waals surface area contributed by atoms with E-state index in [1.165, 1.54) is 0 Å². The van der Waals surface area contributed by atoms with E-state index in [0.29, 0.717) is 0 Å². The first-order chi connectivity index (χ1) is 8.46. The minimum atomic E-state index is -4.62. The van der Waals surface area contributed by atoms with E-state index < -0.39 is 29.5 Å². The second-order valence-corrected chi connectivity index (χ2v) is 5.60. The van der Waals surface area contributed by atoms with Crippen LogP contribution in [0.4, 0.5) is 18.0 Å². The number of rotatable bonds is 2. The van der Waals surface area contributed by atoms with Crippen molar-refractivity contribution in [3.8, 4) is 0 Å². The Balaban J connectivity index is 2.81. The van der Waals surface area contributed by atoms with Crippen LogP contribution in [0, 0.1) is 0 Å². The summed E-state index contributed by atoms with van der Waals surface area (Å²) in [6.45, 7) is 4.68. The fourth-order valence-electron chi connectivity index (χ4n) is 1.82. The topological polar surface area (TPSA) is 73.6 Å². The first-order valence-electron chi connectivity index (χ1n) is 5.87. The van der Waals surface area contributed by atoms with Crippen molar-refractivity contribution >= 4 is 6.09 Å². The molecule has 1 heterocycles. The molecule has 8 heteroatoms. The SMILES string of the molecule is CC(C)(C)OC(=O)NC1(C(N)C(F)(F)F)CCOC1. The molecule has 0 aromatic heterocycles. The molecule has 0 aliphatic carbocycles. The van der Waals surface area contributed by atoms with Gasteiger partial charge in [0.05, 0.1) is 12.1 Å². The Kier molecular flexibility index (Phi) is 4.36. The molecule has 1 saturated heterocycles. The van der Waals surface area contributed by atoms with Gasteiger partial charge in [0.15, 0.2) is 0 Å². The molecule has 2 unspecified atom stereocenters. The molecule has 0 aromatic carbocycles. The summed E-state index contributed by atoms with van der Waals surface area (Å²) in [6.07, 6.45) is -5.56. The van der Waals surface area contributed by atoms with Crippen LogP contribution in [0.1, 0.15) is 27.2 Å². The summed E-state index contributed by atoms with van der Waals surface area (Å²) in [5.74, 6) is 0. The summed E-state index contributed by atoms with van der Waals surface area (Å²) in [4.78, 5) is 11.6. The molecule has 112 valence electrons. The number of hydrogen-bond donors (Lipinski definition) is 2. The molecule has 1 aliphatic heterocycles. The van der Waals surface area contributed by atoms with Crippen molar-refractivity contribution in [2.75, 3.05) is 13.2 Å². The average molecular weight is 284 g/mol. The Morgan fingerprint density at radius 1 is 1.42 bits per heavy atom. The summed E-state index contributed by atoms with van der Waals surface area (Å²) in [5.41, 5.74) is 2.76. The van der Waals surface area contributed by atoms with Gasteiger partial charge in [0.2, 0.25) is 0 Å². The number of carbonyl (C=O) groups is 1. The molecular weight excluding hydrogens is 265 g/mol. The highest BCUT2D eigenvalue weighted by Gasteiger charge is 2.54. The van der Waals surface area contributed by atoms with Gasteiger partial charge in [-0.25, -0.2) is 4.79 Å². The fraction of sp³-hybridized carbons (Fsp3) is 0.909. The largest absolute Gasteiger partial charge is 0.444 e. The van der Waals surface area contributed by atoms with Crippen molar-refractivity contribution in [2.45, 2.75) is 50.6 Å². The molecule has 0 radical (unpaired) electrons. The van der Waals surface area contributed by atoms with Gasteiger partial charge in [-0.3, -0.25) is 0 Å². The summed E-state index contributed by atoms with van der Waals surface area (Å²) in [5, 5.41) is 2.22. The summed E-state index contributed by atoms with van der Waals surface area (Å²) < 4.78 is 48.2. The highest BCUT2D eigenvalue weighted by atomic mass is 19.4. The van der Waals surface area contributed by atoms with E-state index in [9.17, 15) is 18.0 Å². The molecule has 0 bridgehead atoms. The van der Waals surface area contributed by atoms with Crippen LogP contribution in [-0.4, -0.2) is 42.7 Å². The van der Waals surface area contributed by atoms with Crippen molar-refractivity contribution in [1.29, 1.82) is 0 Å². The second-order valence-electron chi connectivity index (χ2n) is 5.60. The summed E-state index contributed by atoms with van der Waals surface area (Å²) >= 11 is 0. The molecular formula is C11H19F3N2O3. The van der Waals surface area contributed by atoms with Gasteiger partial charge >= 0.3 is 12.3 Å². The van der Waals surface area contributed by atoms with E-state index in [1.807, 2.05) is 0 Å². The third kappa shape index (κ3) is 4.24. The van der Waals surface area contributed by atoms with Gasteiger partial charge < -0.3 is 20.5 Å². The fourth-order valence-corrected chi connectivity index (χ4v) is 1.82. The molecule has 0 saturated carbocycles. The van der Waals surface area contributed by atoms with Crippen molar-refractivity contribution in [3.05, 3.63) is 0 Å². The zero-order valence-electron chi connectivity index (χ0n) is 11.1. The van der Waals surface area contributed by atoms with Gasteiger partial charge in [0.25, 0.3) is 0 Å². The first kappa shape index (κ1) is 16.0. The third-order valence-electron chi connectivity index (χ3n) is 2.75. The van der Waals surface area contributed by atoms with Crippen LogP contribution in [-0.2, 0) is 9.47 Å². The minimum absolute atomic E-state index is 0.00702. The third-order valence-corrected chi connectivity index (χ3v) is 2.75. The van der Waals surface area contributed by atoms with Crippen molar-refractivity contribution in [2.24, 2.45) is 5.73 Å². The lowest BCUT2D eigenvalue weighted by Gasteiger charge is -2.36. The zero-order valence-corrected chi connectivity index (χ0v) is 11.1. The van der Waals surface area contributed by atoms with E-state index in [0.717, 1.165) is 0 Å². The van der Waals surface area contributed by atoms with Gasteiger partial charge in [0.1, 0.15) is 11.6 Å². The van der Waals surface area contributed by atoms with Gasteiger partial charge in [0, 0.05) is 6.61 Å². The quantitative estimate of drug-likeness (QED) is 0.807. The van der Waals surface area contributed by atoms with Crippen LogP contribution in [0.3, 0.4) is 0 Å². The van der Waals surface area contributed by atoms with Crippen LogP contribution >= 0.6 is 0 Å². The Labute approximate surface area is 109 Å². The van der Waals surface area contributed by atoms with Crippen LogP contribution in [0.5, 0.6) is 0 Å². The predicted molar refractivity (Wildman–Crippen MR) is 61.6 cm³/mol. The molecule has 19 heavy (non-hydrogen) atoms. The molecule has 0 aromatic rings. The smallest absolute Gasteiger partial charge is 0.408 e. The lowest BCUT2D eigenvalue weighted by Crippen LogP contribution is -2.66. The molecule has 3 N–H and O–H groups in total. The molecule has 0 spiro atoms. The Bertz CT molecular complexity index is 333. The normalized spacial score (nSPS) is 26.1. The molecule has 1 amide bonds. The van der Waals surface area contributed by atoms with Crippen LogP contribution in [0.15, 0.2) is 0 Å². The van der Waals surface area contributed by atoms with Crippen LogP contribution < -0.4 is 11.1 Å². The number of hydrogen-bond acceptors (Lipinski definition) is 4. The maximum Gasteiger partial charge on any atom is 0.408 e. The number of alkyl halides is 3. The number of alkyl carbamates (subject to hydrolysis) is 1. The zero-order chi connectivity index (χ0) is 14.9. The van der Waals surface area contributed by atoms with Crippen molar-refractivity contribution in [1.82, 2.24) is 5.32 Å². The Morgan fingerprint density at radius 3 is 2.37 bits per heavy atom. The molecule has 1 fully saturated rings. The number of halogens is 3. The Morgan fingerprint density at radius 2 is 2.00 bits per heavy atom. The molecule has 5 nitrogen and oxygen atoms in total. The number of nitrogens with two attached hydrogens (primary N) is 1. The van der Waals surface area contributed by atoms with E-state index >= 15 is 0 Å². The predicted octanol–water partition coefficient (Wildman–Crippen LogP) is 1.56. The van der Waals surface area contributed by atoms with Crippen molar-refractivity contribution < 1.29 is 27.4 Å². The maximum absolute atomic E-state index is 12.8. The van der Waals surface area contributed by atoms with Gasteiger partial charge in [-0.1, -0.05) is 0 Å². The monoisotopic (exact) mass is 284 g/mol. The highest BCUT2D eigenvalue weighted by molar-refractivity contribution is 5.69. The van der Waals surface area contributed by atoms with E-state index in [4.69, 9.17) is 15.2 Å². The molecule has 2 atom stereocenters. The van der Waals surface area contributed by atoms with E-state index in [-0.39, 0.29) is 19.6 Å². The van der Waals surface area contributed by atoms with E-state index in [1.54, 1.807) is 20.8 Å². The van der Waals surface area contributed by atoms with Gasteiger partial charge in [-0.15, -0.1) is 0 Å². The number of amides is 1. The van der Waals surface area contributed by atoms with Crippen molar-refractivity contribution in [3.63, 3.8) is 0 Å². The maximum atomic E-state index is 12.8. The summed E-state index contributed by atoms with van der Waals surface area (Å²) in [6, 6.07) is -2.20. The van der Waals surface area contributed by atoms with Gasteiger partial charge in [-0.05, 0) is 27.2 Å². The Hall–Kier alpha value is -1.02. The second kappa shape index (κ2) is 5.16.